The van der Waals surface area contributed by atoms with Crippen LogP contribution in [0.25, 0.3) is 0 Å². The number of benzene rings is 1. The Morgan fingerprint density at radius 2 is 2.24 bits per heavy atom. The summed E-state index contributed by atoms with van der Waals surface area (Å²) in [6.45, 7) is 0. The van der Waals surface area contributed by atoms with Crippen LogP contribution in [-0.2, 0) is 4.79 Å². The van der Waals surface area contributed by atoms with Crippen LogP contribution in [0.15, 0.2) is 18.2 Å². The van der Waals surface area contributed by atoms with Gasteiger partial charge in [0.25, 0.3) is 5.91 Å². The van der Waals surface area contributed by atoms with Crippen LogP contribution >= 0.6 is 11.8 Å². The molecule has 6 heteroatoms. The lowest BCUT2D eigenvalue weighted by atomic mass is 10.0. The number of carbonyl (C=O) groups is 1. The smallest absolute Gasteiger partial charge is 0.257 e. The molecule has 2 N–H and O–H groups in total. The molecule has 2 rings (SSSR count). The molecule has 92 valence electrons. The van der Waals surface area contributed by atoms with E-state index in [2.05, 4.69) is 5.32 Å². The lowest BCUT2D eigenvalue weighted by molar-refractivity contribution is -0.131. The first-order chi connectivity index (χ1) is 8.03. The van der Waals surface area contributed by atoms with Crippen molar-refractivity contribution in [3.05, 3.63) is 29.8 Å². The summed E-state index contributed by atoms with van der Waals surface area (Å²) in [4.78, 5) is 11.7. The summed E-state index contributed by atoms with van der Waals surface area (Å²) < 4.78 is 26.2. The number of anilines is 1. The molecule has 0 saturated carbocycles. The molecule has 1 aliphatic heterocycles. The molecule has 0 bridgehead atoms. The summed E-state index contributed by atoms with van der Waals surface area (Å²) >= 11 is 1.45. The molecule has 0 radical (unpaired) electrons. The van der Waals surface area contributed by atoms with Crippen LogP contribution in [0.2, 0.25) is 0 Å². The Kier molecular flexibility index (Phi) is 3.35. The average molecular weight is 259 g/mol. The van der Waals surface area contributed by atoms with Gasteiger partial charge in [0.15, 0.2) is 17.2 Å². The molecule has 17 heavy (non-hydrogen) atoms. The molecule has 0 aromatic heterocycles. The van der Waals surface area contributed by atoms with E-state index in [1.54, 1.807) is 0 Å². The van der Waals surface area contributed by atoms with Crippen molar-refractivity contribution in [2.24, 2.45) is 0 Å². The van der Waals surface area contributed by atoms with Gasteiger partial charge in [-0.3, -0.25) is 4.79 Å². The van der Waals surface area contributed by atoms with Gasteiger partial charge in [-0.05, 0) is 24.3 Å². The van der Waals surface area contributed by atoms with Crippen molar-refractivity contribution in [3.8, 4) is 0 Å². The first kappa shape index (κ1) is 12.3. The molecule has 1 aromatic carbocycles. The molecule has 1 atom stereocenters. The van der Waals surface area contributed by atoms with E-state index in [4.69, 9.17) is 0 Å². The van der Waals surface area contributed by atoms with Crippen LogP contribution in [0.3, 0.4) is 0 Å². The molecule has 1 heterocycles. The molecule has 0 aliphatic carbocycles. The molecule has 0 spiro atoms. The van der Waals surface area contributed by atoms with Gasteiger partial charge in [0.2, 0.25) is 0 Å². The Balaban J connectivity index is 2.16. The van der Waals surface area contributed by atoms with Crippen molar-refractivity contribution in [1.29, 1.82) is 0 Å². The summed E-state index contributed by atoms with van der Waals surface area (Å²) in [6.07, 6.45) is 0.320. The predicted octanol–water partition coefficient (Wildman–Crippen LogP) is 1.77. The van der Waals surface area contributed by atoms with E-state index in [0.717, 1.165) is 6.07 Å². The molecular weight excluding hydrogens is 248 g/mol. The predicted molar refractivity (Wildman–Crippen MR) is 61.9 cm³/mol. The van der Waals surface area contributed by atoms with Crippen LogP contribution < -0.4 is 5.32 Å². The van der Waals surface area contributed by atoms with E-state index in [0.29, 0.717) is 12.2 Å². The fourth-order valence-corrected chi connectivity index (χ4v) is 2.81. The van der Waals surface area contributed by atoms with Crippen LogP contribution in [0.5, 0.6) is 0 Å². The van der Waals surface area contributed by atoms with Crippen molar-refractivity contribution >= 4 is 23.4 Å². The fourth-order valence-electron chi connectivity index (χ4n) is 1.57. The maximum absolute atomic E-state index is 13.3. The number of aliphatic hydroxyl groups is 1. The number of amides is 1. The Hall–Kier alpha value is -1.14. The van der Waals surface area contributed by atoms with Gasteiger partial charge in [-0.15, -0.1) is 0 Å². The van der Waals surface area contributed by atoms with E-state index in [-0.39, 0.29) is 11.4 Å². The molecule has 1 unspecified atom stereocenters. The second-order valence-corrected chi connectivity index (χ2v) is 4.99. The normalized spacial score (nSPS) is 23.7. The standard InChI is InChI=1S/C11H11F2NO2S/c12-7-2-1-3-8(9(7)13)14-10(15)11(16)4-5-17-6-11/h1-3,16H,4-6H2,(H,14,15). The van der Waals surface area contributed by atoms with Crippen molar-refractivity contribution < 1.29 is 18.7 Å². The second kappa shape index (κ2) is 4.62. The fraction of sp³-hybridized carbons (Fsp3) is 0.364. The topological polar surface area (TPSA) is 49.3 Å². The molecule has 1 aliphatic rings. The zero-order chi connectivity index (χ0) is 12.5. The zero-order valence-corrected chi connectivity index (χ0v) is 9.69. The van der Waals surface area contributed by atoms with Gasteiger partial charge >= 0.3 is 0 Å². The average Bonchev–Trinajstić information content (AvgIpc) is 2.73. The summed E-state index contributed by atoms with van der Waals surface area (Å²) in [5.41, 5.74) is -1.73. The second-order valence-electron chi connectivity index (χ2n) is 3.89. The third kappa shape index (κ3) is 2.42. The molecular formula is C11H11F2NO2S. The van der Waals surface area contributed by atoms with Gasteiger partial charge in [-0.1, -0.05) is 6.07 Å². The lowest BCUT2D eigenvalue weighted by Gasteiger charge is -2.20. The number of halogens is 2. The summed E-state index contributed by atoms with van der Waals surface area (Å²) in [5.74, 6) is -1.89. The van der Waals surface area contributed by atoms with Crippen molar-refractivity contribution in [2.75, 3.05) is 16.8 Å². The quantitative estimate of drug-likeness (QED) is 0.851. The highest BCUT2D eigenvalue weighted by molar-refractivity contribution is 7.99. The third-order valence-corrected chi connectivity index (χ3v) is 3.80. The van der Waals surface area contributed by atoms with Crippen LogP contribution in [0, 0.1) is 11.6 Å². The highest BCUT2D eigenvalue weighted by atomic mass is 32.2. The van der Waals surface area contributed by atoms with Crippen molar-refractivity contribution in [3.63, 3.8) is 0 Å². The van der Waals surface area contributed by atoms with Crippen molar-refractivity contribution in [1.82, 2.24) is 0 Å². The Morgan fingerprint density at radius 3 is 2.88 bits per heavy atom. The van der Waals surface area contributed by atoms with E-state index in [9.17, 15) is 18.7 Å². The van der Waals surface area contributed by atoms with Gasteiger partial charge in [-0.2, -0.15) is 11.8 Å². The van der Waals surface area contributed by atoms with E-state index >= 15 is 0 Å². The number of thioether (sulfide) groups is 1. The summed E-state index contributed by atoms with van der Waals surface area (Å²) in [6, 6.07) is 3.51. The number of nitrogens with one attached hydrogen (secondary N) is 1. The van der Waals surface area contributed by atoms with E-state index < -0.39 is 23.1 Å². The van der Waals surface area contributed by atoms with Gasteiger partial charge < -0.3 is 10.4 Å². The van der Waals surface area contributed by atoms with Gasteiger partial charge in [0.1, 0.15) is 0 Å². The molecule has 1 amide bonds. The van der Waals surface area contributed by atoms with Gasteiger partial charge in [0.05, 0.1) is 5.69 Å². The van der Waals surface area contributed by atoms with Gasteiger partial charge in [-0.25, -0.2) is 8.78 Å². The number of hydrogen-bond acceptors (Lipinski definition) is 3. The lowest BCUT2D eigenvalue weighted by Crippen LogP contribution is -2.43. The Bertz CT molecular complexity index is 447. The minimum absolute atomic E-state index is 0.250. The minimum Gasteiger partial charge on any atom is -0.379 e. The Labute approximate surface area is 101 Å². The number of rotatable bonds is 2. The molecule has 1 fully saturated rings. The molecule has 1 aromatic rings. The summed E-state index contributed by atoms with van der Waals surface area (Å²) in [5, 5.41) is 12.1. The van der Waals surface area contributed by atoms with Crippen molar-refractivity contribution in [2.45, 2.75) is 12.0 Å². The first-order valence-electron chi connectivity index (χ1n) is 5.08. The Morgan fingerprint density at radius 1 is 1.47 bits per heavy atom. The van der Waals surface area contributed by atoms with E-state index in [1.165, 1.54) is 23.9 Å². The summed E-state index contributed by atoms with van der Waals surface area (Å²) in [7, 11) is 0. The highest BCUT2D eigenvalue weighted by Crippen LogP contribution is 2.29. The maximum atomic E-state index is 13.3. The monoisotopic (exact) mass is 259 g/mol. The van der Waals surface area contributed by atoms with Crippen LogP contribution in [0.1, 0.15) is 6.42 Å². The minimum atomic E-state index is -1.48. The SMILES string of the molecule is O=C(Nc1cccc(F)c1F)C1(O)CCSC1. The van der Waals surface area contributed by atoms with E-state index in [1.807, 2.05) is 0 Å². The number of carbonyl (C=O) groups excluding carboxylic acids is 1. The first-order valence-corrected chi connectivity index (χ1v) is 6.24. The molecule has 3 nitrogen and oxygen atoms in total. The van der Waals surface area contributed by atoms with Gasteiger partial charge in [0, 0.05) is 5.75 Å². The molecule has 1 saturated heterocycles. The van der Waals surface area contributed by atoms with Crippen LogP contribution in [0.4, 0.5) is 14.5 Å². The highest BCUT2D eigenvalue weighted by Gasteiger charge is 2.39. The number of hydrogen-bond donors (Lipinski definition) is 2. The largest absolute Gasteiger partial charge is 0.379 e. The zero-order valence-electron chi connectivity index (χ0n) is 8.87. The maximum Gasteiger partial charge on any atom is 0.257 e. The third-order valence-electron chi connectivity index (χ3n) is 2.62. The van der Waals surface area contributed by atoms with Crippen LogP contribution in [-0.4, -0.2) is 28.1 Å².